The molecule has 4 heteroatoms. The summed E-state index contributed by atoms with van der Waals surface area (Å²) in [6.07, 6.45) is 12.7. The van der Waals surface area contributed by atoms with Crippen molar-refractivity contribution < 1.29 is 14.6 Å². The van der Waals surface area contributed by atoms with Crippen LogP contribution in [-0.2, 0) is 9.53 Å². The van der Waals surface area contributed by atoms with Gasteiger partial charge in [0.1, 0.15) is 6.61 Å². The first-order valence-electron chi connectivity index (χ1n) is 11.5. The van der Waals surface area contributed by atoms with Gasteiger partial charge < -0.3 is 15.6 Å². The summed E-state index contributed by atoms with van der Waals surface area (Å²) in [7, 11) is 0. The lowest BCUT2D eigenvalue weighted by Gasteiger charge is -2.58. The third kappa shape index (κ3) is 3.79. The van der Waals surface area contributed by atoms with Crippen LogP contribution >= 0.6 is 0 Å². The molecule has 0 aromatic carbocycles. The Morgan fingerprint density at radius 2 is 1.86 bits per heavy atom. The average molecular weight is 392 g/mol. The standard InChI is InChI=1S/C21H33NO3.C3H8/c1-20-9-7-14(25-12-19(22)24)11-13(20)3-4-15-16-5-6-18(23)21(16,2)10-8-17(15)20;1-3-2/h11,14-18,23H,3-10,12H2,1-2H3,(H2,22,24);3H2,1-2H3/t14-,15?,16?,17?,18?,20?,21?;/m1./s1. The lowest BCUT2D eigenvalue weighted by Crippen LogP contribution is -2.51. The summed E-state index contributed by atoms with van der Waals surface area (Å²) in [5.74, 6) is 1.82. The number of fused-ring (bicyclic) bond motifs is 5. The molecule has 160 valence electrons. The van der Waals surface area contributed by atoms with E-state index in [1.807, 2.05) is 0 Å². The lowest BCUT2D eigenvalue weighted by molar-refractivity contribution is -0.124. The molecular weight excluding hydrogens is 350 g/mol. The Morgan fingerprint density at radius 3 is 2.54 bits per heavy atom. The molecule has 0 heterocycles. The molecular formula is C24H41NO3. The van der Waals surface area contributed by atoms with E-state index in [1.165, 1.54) is 32.1 Å². The third-order valence-electron chi connectivity index (χ3n) is 8.46. The maximum atomic E-state index is 11.0. The van der Waals surface area contributed by atoms with Gasteiger partial charge in [-0.25, -0.2) is 0 Å². The first-order chi connectivity index (χ1) is 13.3. The fraction of sp³-hybridized carbons (Fsp3) is 0.875. The first kappa shape index (κ1) is 21.8. The zero-order valence-corrected chi connectivity index (χ0v) is 18.4. The van der Waals surface area contributed by atoms with Crippen LogP contribution in [0.1, 0.15) is 85.5 Å². The molecule has 4 aliphatic rings. The minimum atomic E-state index is -0.387. The van der Waals surface area contributed by atoms with Crippen LogP contribution in [-0.4, -0.2) is 29.8 Å². The van der Waals surface area contributed by atoms with Crippen molar-refractivity contribution in [1.29, 1.82) is 0 Å². The molecule has 0 bridgehead atoms. The van der Waals surface area contributed by atoms with Gasteiger partial charge >= 0.3 is 0 Å². The quantitative estimate of drug-likeness (QED) is 0.691. The molecule has 3 N–H and O–H groups in total. The minimum Gasteiger partial charge on any atom is -0.393 e. The van der Waals surface area contributed by atoms with E-state index in [1.54, 1.807) is 5.57 Å². The van der Waals surface area contributed by atoms with E-state index in [0.29, 0.717) is 5.92 Å². The van der Waals surface area contributed by atoms with Crippen molar-refractivity contribution in [3.63, 3.8) is 0 Å². The lowest BCUT2D eigenvalue weighted by atomic mass is 9.47. The predicted molar refractivity (Wildman–Crippen MR) is 113 cm³/mol. The number of rotatable bonds is 3. The number of allylic oxidation sites excluding steroid dienone is 1. The second-order valence-corrected chi connectivity index (χ2v) is 10.2. The van der Waals surface area contributed by atoms with E-state index in [2.05, 4.69) is 33.8 Å². The van der Waals surface area contributed by atoms with Crippen LogP contribution < -0.4 is 5.73 Å². The van der Waals surface area contributed by atoms with E-state index in [9.17, 15) is 9.90 Å². The number of carbonyl (C=O) groups excluding carboxylic acids is 1. The summed E-state index contributed by atoms with van der Waals surface area (Å²) >= 11 is 0. The normalized spacial score (nSPS) is 44.3. The van der Waals surface area contributed by atoms with E-state index in [-0.39, 0.29) is 35.6 Å². The number of aliphatic hydroxyl groups excluding tert-OH is 1. The highest BCUT2D eigenvalue weighted by molar-refractivity contribution is 5.75. The van der Waals surface area contributed by atoms with Gasteiger partial charge in [0.05, 0.1) is 12.2 Å². The second-order valence-electron chi connectivity index (χ2n) is 10.2. The molecule has 0 spiro atoms. The molecule has 28 heavy (non-hydrogen) atoms. The van der Waals surface area contributed by atoms with Gasteiger partial charge in [-0.3, -0.25) is 4.79 Å². The van der Waals surface area contributed by atoms with Crippen molar-refractivity contribution in [3.8, 4) is 0 Å². The summed E-state index contributed by atoms with van der Waals surface area (Å²) in [4.78, 5) is 11.0. The first-order valence-corrected chi connectivity index (χ1v) is 11.5. The number of hydrogen-bond donors (Lipinski definition) is 2. The van der Waals surface area contributed by atoms with E-state index >= 15 is 0 Å². The summed E-state index contributed by atoms with van der Waals surface area (Å²) in [5.41, 5.74) is 7.21. The molecule has 0 aromatic heterocycles. The van der Waals surface area contributed by atoms with Gasteiger partial charge in [-0.15, -0.1) is 0 Å². The van der Waals surface area contributed by atoms with Crippen molar-refractivity contribution in [2.75, 3.05) is 6.61 Å². The molecule has 3 fully saturated rings. The zero-order chi connectivity index (χ0) is 20.5. The average Bonchev–Trinajstić information content (AvgIpc) is 2.95. The summed E-state index contributed by atoms with van der Waals surface area (Å²) < 4.78 is 5.69. The van der Waals surface area contributed by atoms with Crippen molar-refractivity contribution in [2.24, 2.45) is 34.3 Å². The van der Waals surface area contributed by atoms with Gasteiger partial charge in [-0.05, 0) is 80.0 Å². The highest BCUT2D eigenvalue weighted by atomic mass is 16.5. The topological polar surface area (TPSA) is 72.5 Å². The molecule has 1 amide bonds. The Hall–Kier alpha value is -0.870. The number of nitrogens with two attached hydrogens (primary N) is 1. The molecule has 4 aliphatic carbocycles. The number of hydrogen-bond acceptors (Lipinski definition) is 3. The van der Waals surface area contributed by atoms with Gasteiger partial charge in [0.2, 0.25) is 5.91 Å². The van der Waals surface area contributed by atoms with Crippen LogP contribution in [0, 0.1) is 28.6 Å². The Balaban J connectivity index is 0.000000706. The summed E-state index contributed by atoms with van der Waals surface area (Å²) in [6.45, 7) is 9.08. The van der Waals surface area contributed by atoms with Crippen LogP contribution in [0.3, 0.4) is 0 Å². The van der Waals surface area contributed by atoms with Crippen LogP contribution in [0.5, 0.6) is 0 Å². The number of ether oxygens (including phenoxy) is 1. The van der Waals surface area contributed by atoms with Crippen molar-refractivity contribution in [1.82, 2.24) is 0 Å². The smallest absolute Gasteiger partial charge is 0.243 e. The number of amides is 1. The van der Waals surface area contributed by atoms with E-state index in [4.69, 9.17) is 10.5 Å². The summed E-state index contributed by atoms with van der Waals surface area (Å²) in [5, 5.41) is 10.5. The Kier molecular flexibility index (Phi) is 6.61. The van der Waals surface area contributed by atoms with Crippen LogP contribution in [0.25, 0.3) is 0 Å². The minimum absolute atomic E-state index is 0.0233. The Bertz CT molecular complexity index is 603. The maximum Gasteiger partial charge on any atom is 0.243 e. The third-order valence-corrected chi connectivity index (χ3v) is 8.46. The van der Waals surface area contributed by atoms with E-state index < -0.39 is 0 Å². The van der Waals surface area contributed by atoms with E-state index in [0.717, 1.165) is 37.5 Å². The molecule has 0 saturated heterocycles. The number of primary amides is 1. The fourth-order valence-corrected chi connectivity index (χ4v) is 6.99. The SMILES string of the molecule is CC12CC[C@@H](OCC(N)=O)C=C1CCC1C2CCC2(C)C(O)CCC12.CCC. The highest BCUT2D eigenvalue weighted by Crippen LogP contribution is 2.65. The maximum absolute atomic E-state index is 11.0. The molecule has 0 aliphatic heterocycles. The van der Waals surface area contributed by atoms with Crippen molar-refractivity contribution >= 4 is 5.91 Å². The highest BCUT2D eigenvalue weighted by Gasteiger charge is 2.58. The molecule has 4 nitrogen and oxygen atoms in total. The Labute approximate surface area is 171 Å². The largest absolute Gasteiger partial charge is 0.393 e. The monoisotopic (exact) mass is 391 g/mol. The molecule has 4 rings (SSSR count). The predicted octanol–water partition coefficient (Wildman–Crippen LogP) is 4.60. The summed E-state index contributed by atoms with van der Waals surface area (Å²) in [6, 6.07) is 0. The van der Waals surface area contributed by atoms with Crippen LogP contribution in [0.15, 0.2) is 11.6 Å². The fourth-order valence-electron chi connectivity index (χ4n) is 6.99. The second kappa shape index (κ2) is 8.47. The van der Waals surface area contributed by atoms with Crippen LogP contribution in [0.4, 0.5) is 0 Å². The number of aliphatic hydroxyl groups is 1. The molecule has 7 atom stereocenters. The van der Waals surface area contributed by atoms with Gasteiger partial charge in [0.25, 0.3) is 0 Å². The van der Waals surface area contributed by atoms with Gasteiger partial charge in [-0.1, -0.05) is 45.8 Å². The molecule has 0 radical (unpaired) electrons. The number of carbonyl (C=O) groups is 1. The Morgan fingerprint density at radius 1 is 1.14 bits per heavy atom. The van der Waals surface area contributed by atoms with Crippen molar-refractivity contribution in [2.45, 2.75) is 97.7 Å². The van der Waals surface area contributed by atoms with Crippen LogP contribution in [0.2, 0.25) is 0 Å². The molecule has 0 aromatic rings. The van der Waals surface area contributed by atoms with Gasteiger partial charge in [0.15, 0.2) is 0 Å². The molecule has 6 unspecified atom stereocenters. The zero-order valence-electron chi connectivity index (χ0n) is 18.4. The van der Waals surface area contributed by atoms with Gasteiger partial charge in [0, 0.05) is 0 Å². The van der Waals surface area contributed by atoms with Gasteiger partial charge in [-0.2, -0.15) is 0 Å². The molecule has 3 saturated carbocycles. The van der Waals surface area contributed by atoms with Crippen molar-refractivity contribution in [3.05, 3.63) is 11.6 Å².